The molecule has 1 heterocycles. The molecule has 0 bridgehead atoms. The Kier molecular flexibility index (Phi) is 13.0. The quantitative estimate of drug-likeness (QED) is 0.471. The Bertz CT molecular complexity index is 566. The molecule has 0 radical (unpaired) electrons. The fraction of sp³-hybridized carbons (Fsp3) is 0.714. The predicted molar refractivity (Wildman–Crippen MR) is 110 cm³/mol. The fourth-order valence-corrected chi connectivity index (χ4v) is 2.12. The summed E-state index contributed by atoms with van der Waals surface area (Å²) in [6.07, 6.45) is 4.53. The number of rotatable bonds is 12. The van der Waals surface area contributed by atoms with Gasteiger partial charge in [-0.15, -0.1) is 0 Å². The molecule has 0 aliphatic carbocycles. The second-order valence-electron chi connectivity index (χ2n) is 7.85. The number of imide groups is 1. The molecule has 1 aliphatic rings. The van der Waals surface area contributed by atoms with Crippen molar-refractivity contribution in [3.63, 3.8) is 0 Å². The first kappa shape index (κ1) is 26.9. The maximum absolute atomic E-state index is 11.4. The number of ketones is 1. The Balaban J connectivity index is 0.000000578. The van der Waals surface area contributed by atoms with Crippen molar-refractivity contribution in [2.75, 3.05) is 26.3 Å². The summed E-state index contributed by atoms with van der Waals surface area (Å²) >= 11 is 0. The average molecular weight is 413 g/mol. The molecule has 0 fully saturated rings. The number of hydrogen-bond acceptors (Lipinski definition) is 6. The summed E-state index contributed by atoms with van der Waals surface area (Å²) in [5.74, 6) is -0.0712. The van der Waals surface area contributed by atoms with Crippen molar-refractivity contribution in [2.24, 2.45) is 5.92 Å². The molecule has 0 aromatic carbocycles. The highest BCUT2D eigenvalue weighted by molar-refractivity contribution is 6.13. The second kappa shape index (κ2) is 14.0. The second-order valence-corrected chi connectivity index (χ2v) is 7.85. The van der Waals surface area contributed by atoms with Gasteiger partial charge >= 0.3 is 0 Å². The summed E-state index contributed by atoms with van der Waals surface area (Å²) in [5.41, 5.74) is -0.520. The molecule has 0 saturated carbocycles. The van der Waals surface area contributed by atoms with E-state index in [0.29, 0.717) is 31.9 Å². The van der Waals surface area contributed by atoms with Gasteiger partial charge in [0.1, 0.15) is 5.78 Å². The Hall–Kier alpha value is -2.06. The minimum atomic E-state index is -0.520. The van der Waals surface area contributed by atoms with Crippen molar-refractivity contribution < 1.29 is 29.0 Å². The SMILES string of the molecule is CC(C)CCNC(=O)CCN1C(=O)C=CC1=O.CCC(=O)CCOC(C)(C)CO. The van der Waals surface area contributed by atoms with E-state index < -0.39 is 5.60 Å². The number of amides is 3. The summed E-state index contributed by atoms with van der Waals surface area (Å²) in [4.78, 5) is 45.7. The highest BCUT2D eigenvalue weighted by Gasteiger charge is 2.23. The molecule has 0 atom stereocenters. The molecule has 0 saturated heterocycles. The van der Waals surface area contributed by atoms with Crippen LogP contribution >= 0.6 is 0 Å². The minimum absolute atomic E-state index is 0.0205. The van der Waals surface area contributed by atoms with E-state index >= 15 is 0 Å². The van der Waals surface area contributed by atoms with E-state index in [1.165, 1.54) is 12.2 Å². The standard InChI is InChI=1S/C12H18N2O3.C9H18O3/c1-9(2)5-7-13-10(15)6-8-14-11(16)3-4-12(14)17;1-4-8(11)5-6-12-9(2,3)7-10/h3-4,9H,5-8H2,1-2H3,(H,13,15);10H,4-7H2,1-3H3. The molecule has 8 nitrogen and oxygen atoms in total. The highest BCUT2D eigenvalue weighted by Crippen LogP contribution is 2.08. The molecule has 1 aliphatic heterocycles. The zero-order valence-electron chi connectivity index (χ0n) is 18.3. The van der Waals surface area contributed by atoms with Crippen molar-refractivity contribution in [3.05, 3.63) is 12.2 Å². The summed E-state index contributed by atoms with van der Waals surface area (Å²) < 4.78 is 5.28. The molecule has 1 rings (SSSR count). The average Bonchev–Trinajstić information content (AvgIpc) is 2.97. The van der Waals surface area contributed by atoms with Gasteiger partial charge in [0.25, 0.3) is 11.8 Å². The van der Waals surface area contributed by atoms with Crippen LogP contribution in [0.4, 0.5) is 0 Å². The molecule has 2 N–H and O–H groups in total. The molecule has 166 valence electrons. The van der Waals surface area contributed by atoms with Crippen LogP contribution in [0.25, 0.3) is 0 Å². The first-order valence-electron chi connectivity index (χ1n) is 10.1. The monoisotopic (exact) mass is 412 g/mol. The zero-order valence-corrected chi connectivity index (χ0v) is 18.3. The van der Waals surface area contributed by atoms with Crippen LogP contribution in [-0.4, -0.2) is 65.4 Å². The molecule has 0 spiro atoms. The van der Waals surface area contributed by atoms with Gasteiger partial charge in [-0.05, 0) is 26.2 Å². The summed E-state index contributed by atoms with van der Waals surface area (Å²) in [6.45, 7) is 10.8. The number of nitrogens with one attached hydrogen (secondary N) is 1. The van der Waals surface area contributed by atoms with E-state index in [2.05, 4.69) is 19.2 Å². The predicted octanol–water partition coefficient (Wildman–Crippen LogP) is 1.61. The third-order valence-corrected chi connectivity index (χ3v) is 4.16. The number of nitrogens with zero attached hydrogens (tertiary/aromatic N) is 1. The van der Waals surface area contributed by atoms with E-state index in [1.54, 1.807) is 13.8 Å². The van der Waals surface area contributed by atoms with Gasteiger partial charge in [0.2, 0.25) is 5.91 Å². The van der Waals surface area contributed by atoms with Crippen LogP contribution in [0.2, 0.25) is 0 Å². The maximum atomic E-state index is 11.4. The van der Waals surface area contributed by atoms with E-state index in [9.17, 15) is 19.2 Å². The van der Waals surface area contributed by atoms with Crippen LogP contribution in [0.5, 0.6) is 0 Å². The summed E-state index contributed by atoms with van der Waals surface area (Å²) in [5, 5.41) is 11.6. The normalized spacial score (nSPS) is 13.6. The molecule has 0 aromatic rings. The fourth-order valence-electron chi connectivity index (χ4n) is 2.12. The lowest BCUT2D eigenvalue weighted by Gasteiger charge is -2.21. The number of Topliss-reactive ketones (excluding diaryl/α,β-unsaturated/α-hetero) is 1. The molecule has 8 heteroatoms. The molecule has 3 amide bonds. The van der Waals surface area contributed by atoms with Crippen LogP contribution in [0.3, 0.4) is 0 Å². The highest BCUT2D eigenvalue weighted by atomic mass is 16.5. The Labute approximate surface area is 173 Å². The third-order valence-electron chi connectivity index (χ3n) is 4.16. The lowest BCUT2D eigenvalue weighted by molar-refractivity contribution is -0.137. The van der Waals surface area contributed by atoms with Crippen LogP contribution in [-0.2, 0) is 23.9 Å². The maximum Gasteiger partial charge on any atom is 0.253 e. The van der Waals surface area contributed by atoms with Crippen molar-refractivity contribution in [1.82, 2.24) is 10.2 Å². The van der Waals surface area contributed by atoms with Crippen LogP contribution in [0, 0.1) is 5.92 Å². The van der Waals surface area contributed by atoms with Gasteiger partial charge in [0.05, 0.1) is 18.8 Å². The summed E-state index contributed by atoms with van der Waals surface area (Å²) in [7, 11) is 0. The third kappa shape index (κ3) is 12.9. The van der Waals surface area contributed by atoms with Gasteiger partial charge in [-0.1, -0.05) is 20.8 Å². The lowest BCUT2D eigenvalue weighted by Crippen LogP contribution is -2.35. The van der Waals surface area contributed by atoms with Gasteiger partial charge in [-0.2, -0.15) is 0 Å². The molecule has 29 heavy (non-hydrogen) atoms. The van der Waals surface area contributed by atoms with Gasteiger partial charge in [0, 0.05) is 44.5 Å². The smallest absolute Gasteiger partial charge is 0.253 e. The molecular formula is C21H36N2O6. The Morgan fingerprint density at radius 2 is 1.76 bits per heavy atom. The van der Waals surface area contributed by atoms with Crippen LogP contribution < -0.4 is 5.32 Å². The van der Waals surface area contributed by atoms with E-state index in [1.807, 2.05) is 6.92 Å². The topological polar surface area (TPSA) is 113 Å². The number of aliphatic hydroxyl groups is 1. The minimum Gasteiger partial charge on any atom is -0.393 e. The van der Waals surface area contributed by atoms with Crippen molar-refractivity contribution in [3.8, 4) is 0 Å². The van der Waals surface area contributed by atoms with Gasteiger partial charge in [0.15, 0.2) is 0 Å². The number of hydrogen-bond donors (Lipinski definition) is 2. The van der Waals surface area contributed by atoms with Gasteiger partial charge in [-0.3, -0.25) is 24.1 Å². The van der Waals surface area contributed by atoms with E-state index in [0.717, 1.165) is 11.3 Å². The van der Waals surface area contributed by atoms with E-state index in [-0.39, 0.29) is 43.1 Å². The first-order chi connectivity index (χ1) is 13.5. The number of carbonyl (C=O) groups excluding carboxylic acids is 4. The van der Waals surface area contributed by atoms with E-state index in [4.69, 9.17) is 9.84 Å². The number of carbonyl (C=O) groups is 4. The van der Waals surface area contributed by atoms with Crippen LogP contribution in [0.1, 0.15) is 60.3 Å². The molecule has 0 unspecified atom stereocenters. The van der Waals surface area contributed by atoms with Crippen molar-refractivity contribution >= 4 is 23.5 Å². The Morgan fingerprint density at radius 1 is 1.17 bits per heavy atom. The van der Waals surface area contributed by atoms with Gasteiger partial charge in [-0.25, -0.2) is 0 Å². The molecule has 0 aromatic heterocycles. The van der Waals surface area contributed by atoms with Crippen LogP contribution in [0.15, 0.2) is 12.2 Å². The molecular weight excluding hydrogens is 376 g/mol. The summed E-state index contributed by atoms with van der Waals surface area (Å²) in [6, 6.07) is 0. The first-order valence-corrected chi connectivity index (χ1v) is 10.1. The van der Waals surface area contributed by atoms with Crippen molar-refractivity contribution in [2.45, 2.75) is 65.9 Å². The zero-order chi connectivity index (χ0) is 22.4. The van der Waals surface area contributed by atoms with Gasteiger partial charge < -0.3 is 15.2 Å². The largest absolute Gasteiger partial charge is 0.393 e. The number of ether oxygens (including phenoxy) is 1. The van der Waals surface area contributed by atoms with Crippen molar-refractivity contribution in [1.29, 1.82) is 0 Å². The number of aliphatic hydroxyl groups excluding tert-OH is 1. The Morgan fingerprint density at radius 3 is 2.24 bits per heavy atom. The lowest BCUT2D eigenvalue weighted by atomic mass is 10.1.